The third-order valence-corrected chi connectivity index (χ3v) is 4.77. The summed E-state index contributed by atoms with van der Waals surface area (Å²) in [7, 11) is 3.04. The molecule has 2 aromatic rings. The normalized spacial score (nSPS) is 12.2. The molecule has 7 heteroatoms. The Morgan fingerprint density at radius 3 is 2.29 bits per heavy atom. The number of aliphatic hydroxyl groups is 1. The van der Waals surface area contributed by atoms with E-state index in [0.29, 0.717) is 22.6 Å². The van der Waals surface area contributed by atoms with Crippen LogP contribution in [0.4, 0.5) is 4.39 Å². The molecule has 0 saturated heterocycles. The zero-order chi connectivity index (χ0) is 23.1. The highest BCUT2D eigenvalue weighted by atomic mass is 19.1. The number of Topliss-reactive ketones (excluding diaryl/α,β-unsaturated/α-hetero) is 1. The van der Waals surface area contributed by atoms with Gasteiger partial charge in [-0.15, -0.1) is 0 Å². The number of benzene rings is 2. The summed E-state index contributed by atoms with van der Waals surface area (Å²) < 4.78 is 24.6. The smallest absolute Gasteiger partial charge is 0.310 e. The van der Waals surface area contributed by atoms with E-state index in [1.54, 1.807) is 18.2 Å². The number of hydrogen-bond donors (Lipinski definition) is 2. The standard InChI is InChI=1S/C24H27FO6/c1-14(2)20-13-21(30-3)24(31-4)23(15-5-7-16(25)8-6-15)19(20)10-9-17(26)11-18(27)12-22(28)29/h5-10,13-14,17,26H,11-12H2,1-4H3,(H,28,29)/b10-9+. The van der Waals surface area contributed by atoms with Crippen LogP contribution in [0.15, 0.2) is 36.4 Å². The maximum absolute atomic E-state index is 13.5. The topological polar surface area (TPSA) is 93.1 Å². The van der Waals surface area contributed by atoms with Crippen LogP contribution in [0.25, 0.3) is 17.2 Å². The first-order valence-electron chi connectivity index (χ1n) is 9.82. The largest absolute Gasteiger partial charge is 0.493 e. The molecule has 2 rings (SSSR count). The molecule has 0 bridgehead atoms. The molecule has 2 N–H and O–H groups in total. The Morgan fingerprint density at radius 1 is 1.13 bits per heavy atom. The van der Waals surface area contributed by atoms with E-state index in [1.807, 2.05) is 19.9 Å². The van der Waals surface area contributed by atoms with Gasteiger partial charge in [0, 0.05) is 12.0 Å². The minimum absolute atomic E-state index is 0.0736. The van der Waals surface area contributed by atoms with Gasteiger partial charge in [-0.05, 0) is 40.8 Å². The molecular weight excluding hydrogens is 403 g/mol. The third kappa shape index (κ3) is 6.15. The van der Waals surface area contributed by atoms with Crippen molar-refractivity contribution in [2.45, 2.75) is 38.7 Å². The van der Waals surface area contributed by atoms with E-state index in [9.17, 15) is 19.1 Å². The van der Waals surface area contributed by atoms with Crippen LogP contribution >= 0.6 is 0 Å². The summed E-state index contributed by atoms with van der Waals surface area (Å²) in [6.45, 7) is 4.00. The van der Waals surface area contributed by atoms with Gasteiger partial charge in [-0.2, -0.15) is 0 Å². The lowest BCUT2D eigenvalue weighted by Crippen LogP contribution is -2.14. The van der Waals surface area contributed by atoms with Crippen molar-refractivity contribution < 1.29 is 33.7 Å². The molecule has 31 heavy (non-hydrogen) atoms. The van der Waals surface area contributed by atoms with Crippen molar-refractivity contribution in [2.75, 3.05) is 14.2 Å². The average molecular weight is 430 g/mol. The summed E-state index contributed by atoms with van der Waals surface area (Å²) in [6.07, 6.45) is 1.02. The lowest BCUT2D eigenvalue weighted by Gasteiger charge is -2.21. The van der Waals surface area contributed by atoms with E-state index in [2.05, 4.69) is 0 Å². The first kappa shape index (κ1) is 24.1. The van der Waals surface area contributed by atoms with E-state index < -0.39 is 24.3 Å². The zero-order valence-corrected chi connectivity index (χ0v) is 18.0. The molecule has 0 aliphatic heterocycles. The molecule has 0 aromatic heterocycles. The van der Waals surface area contributed by atoms with Crippen molar-refractivity contribution in [3.8, 4) is 22.6 Å². The van der Waals surface area contributed by atoms with Gasteiger partial charge in [0.1, 0.15) is 18.0 Å². The van der Waals surface area contributed by atoms with Gasteiger partial charge < -0.3 is 19.7 Å². The highest BCUT2D eigenvalue weighted by molar-refractivity contribution is 5.95. The Labute approximate surface area is 180 Å². The molecule has 2 aromatic carbocycles. The van der Waals surface area contributed by atoms with Gasteiger partial charge in [0.2, 0.25) is 0 Å². The van der Waals surface area contributed by atoms with Crippen molar-refractivity contribution in [1.29, 1.82) is 0 Å². The van der Waals surface area contributed by atoms with Crippen LogP contribution in [-0.2, 0) is 9.59 Å². The summed E-state index contributed by atoms with van der Waals surface area (Å²) in [4.78, 5) is 22.4. The molecule has 0 spiro atoms. The molecule has 0 aliphatic rings. The summed E-state index contributed by atoms with van der Waals surface area (Å²) in [5.74, 6) is -1.14. The maximum Gasteiger partial charge on any atom is 0.310 e. The number of methoxy groups -OCH3 is 2. The fourth-order valence-electron chi connectivity index (χ4n) is 3.34. The monoisotopic (exact) mass is 430 g/mol. The van der Waals surface area contributed by atoms with Crippen molar-refractivity contribution in [3.05, 3.63) is 53.4 Å². The lowest BCUT2D eigenvalue weighted by atomic mass is 9.88. The Bertz CT molecular complexity index is 963. The van der Waals surface area contributed by atoms with Crippen molar-refractivity contribution in [2.24, 2.45) is 0 Å². The first-order valence-corrected chi connectivity index (χ1v) is 9.82. The third-order valence-electron chi connectivity index (χ3n) is 4.77. The average Bonchev–Trinajstić information content (AvgIpc) is 2.70. The highest BCUT2D eigenvalue weighted by Crippen LogP contribution is 2.45. The van der Waals surface area contributed by atoms with Crippen LogP contribution < -0.4 is 9.47 Å². The molecule has 0 saturated carbocycles. The number of hydrogen-bond acceptors (Lipinski definition) is 5. The van der Waals surface area contributed by atoms with Crippen LogP contribution in [-0.4, -0.2) is 42.3 Å². The first-order chi connectivity index (χ1) is 14.7. The van der Waals surface area contributed by atoms with Crippen LogP contribution in [0.5, 0.6) is 11.5 Å². The number of ether oxygens (including phenoxy) is 2. The number of aliphatic carboxylic acids is 1. The van der Waals surface area contributed by atoms with Crippen molar-refractivity contribution >= 4 is 17.8 Å². The number of rotatable bonds is 10. The molecule has 0 amide bonds. The summed E-state index contributed by atoms with van der Waals surface area (Å²) in [6, 6.07) is 7.78. The van der Waals surface area contributed by atoms with Gasteiger partial charge in [0.25, 0.3) is 0 Å². The Morgan fingerprint density at radius 2 is 1.77 bits per heavy atom. The van der Waals surface area contributed by atoms with Crippen LogP contribution in [0.1, 0.15) is 43.7 Å². The number of aliphatic hydroxyl groups excluding tert-OH is 1. The predicted molar refractivity (Wildman–Crippen MR) is 116 cm³/mol. The summed E-state index contributed by atoms with van der Waals surface area (Å²) in [5.41, 5.74) is 2.97. The second-order valence-corrected chi connectivity index (χ2v) is 7.39. The molecule has 1 unspecified atom stereocenters. The fourth-order valence-corrected chi connectivity index (χ4v) is 3.34. The number of carboxylic acid groups (broad SMARTS) is 1. The number of halogens is 1. The molecule has 1 atom stereocenters. The minimum atomic E-state index is -1.23. The predicted octanol–water partition coefficient (Wildman–Crippen LogP) is 4.44. The van der Waals surface area contributed by atoms with Gasteiger partial charge in [0.15, 0.2) is 11.5 Å². The number of carbonyl (C=O) groups excluding carboxylic acids is 1. The van der Waals surface area contributed by atoms with Crippen molar-refractivity contribution in [1.82, 2.24) is 0 Å². The van der Waals surface area contributed by atoms with Crippen molar-refractivity contribution in [3.63, 3.8) is 0 Å². The van der Waals surface area contributed by atoms with E-state index in [4.69, 9.17) is 14.6 Å². The SMILES string of the molecule is COc1cc(C(C)C)c(/C=C/C(O)CC(=O)CC(=O)O)c(-c2ccc(F)cc2)c1OC. The quantitative estimate of drug-likeness (QED) is 0.542. The van der Waals surface area contributed by atoms with Gasteiger partial charge in [0.05, 0.1) is 20.3 Å². The van der Waals surface area contributed by atoms with Crippen LogP contribution in [0.3, 0.4) is 0 Å². The second kappa shape index (κ2) is 10.7. The van der Waals surface area contributed by atoms with E-state index in [0.717, 1.165) is 11.1 Å². The van der Waals surface area contributed by atoms with Crippen LogP contribution in [0, 0.1) is 5.82 Å². The molecular formula is C24H27FO6. The highest BCUT2D eigenvalue weighted by Gasteiger charge is 2.21. The fraction of sp³-hybridized carbons (Fsp3) is 0.333. The van der Waals surface area contributed by atoms with Gasteiger partial charge in [-0.3, -0.25) is 9.59 Å². The van der Waals surface area contributed by atoms with Gasteiger partial charge in [-0.25, -0.2) is 4.39 Å². The maximum atomic E-state index is 13.5. The van der Waals surface area contributed by atoms with E-state index in [-0.39, 0.29) is 18.2 Å². The molecule has 0 aliphatic carbocycles. The van der Waals surface area contributed by atoms with Crippen LogP contribution in [0.2, 0.25) is 0 Å². The Kier molecular flexibility index (Phi) is 8.33. The summed E-state index contributed by atoms with van der Waals surface area (Å²) in [5, 5.41) is 19.0. The number of ketones is 1. The van der Waals surface area contributed by atoms with E-state index in [1.165, 1.54) is 32.4 Å². The molecule has 0 fully saturated rings. The Hall–Kier alpha value is -3.19. The molecule has 6 nitrogen and oxygen atoms in total. The molecule has 166 valence electrons. The Balaban J connectivity index is 2.61. The minimum Gasteiger partial charge on any atom is -0.493 e. The molecule has 0 heterocycles. The second-order valence-electron chi connectivity index (χ2n) is 7.39. The zero-order valence-electron chi connectivity index (χ0n) is 18.0. The number of carbonyl (C=O) groups is 2. The summed E-state index contributed by atoms with van der Waals surface area (Å²) >= 11 is 0. The van der Waals surface area contributed by atoms with Gasteiger partial charge >= 0.3 is 5.97 Å². The number of carboxylic acids is 1. The lowest BCUT2D eigenvalue weighted by molar-refractivity contribution is -0.140. The molecule has 0 radical (unpaired) electrons. The van der Waals surface area contributed by atoms with Gasteiger partial charge in [-0.1, -0.05) is 38.1 Å². The van der Waals surface area contributed by atoms with E-state index >= 15 is 0 Å².